The largest absolute Gasteiger partial charge is 0.495 e. The Hall–Kier alpha value is -2.24. The first-order valence-electron chi connectivity index (χ1n) is 7.69. The number of carbonyl (C=O) groups excluding carboxylic acids is 2. The number of rotatable bonds is 5. The Morgan fingerprint density at radius 2 is 1.64 bits per heavy atom. The minimum absolute atomic E-state index is 0.216. The van der Waals surface area contributed by atoms with Crippen LogP contribution in [0.3, 0.4) is 0 Å². The molecule has 1 aliphatic carbocycles. The third kappa shape index (κ3) is 4.06. The molecule has 130 valence electrons. The lowest BCUT2D eigenvalue weighted by Crippen LogP contribution is -2.21. The van der Waals surface area contributed by atoms with Crippen LogP contribution in [0.2, 0.25) is 10.0 Å². The fourth-order valence-corrected chi connectivity index (χ4v) is 2.92. The fourth-order valence-electron chi connectivity index (χ4n) is 2.57. The summed E-state index contributed by atoms with van der Waals surface area (Å²) in [5, 5.41) is 6.47. The number of para-hydroxylation sites is 1. The molecule has 0 saturated heterocycles. The Morgan fingerprint density at radius 3 is 2.28 bits per heavy atom. The Balaban J connectivity index is 1.62. The van der Waals surface area contributed by atoms with Crippen LogP contribution in [-0.2, 0) is 9.59 Å². The van der Waals surface area contributed by atoms with E-state index in [2.05, 4.69) is 10.6 Å². The van der Waals surface area contributed by atoms with Gasteiger partial charge in [-0.05, 0) is 36.8 Å². The van der Waals surface area contributed by atoms with Crippen LogP contribution in [0.5, 0.6) is 5.75 Å². The Morgan fingerprint density at radius 1 is 1.00 bits per heavy atom. The van der Waals surface area contributed by atoms with Crippen LogP contribution in [-0.4, -0.2) is 18.9 Å². The van der Waals surface area contributed by atoms with Gasteiger partial charge in [-0.25, -0.2) is 0 Å². The van der Waals surface area contributed by atoms with Crippen LogP contribution in [0.1, 0.15) is 6.42 Å². The zero-order valence-corrected chi connectivity index (χ0v) is 14.9. The minimum atomic E-state index is -0.383. The monoisotopic (exact) mass is 378 g/mol. The van der Waals surface area contributed by atoms with Crippen molar-refractivity contribution in [2.45, 2.75) is 6.42 Å². The minimum Gasteiger partial charge on any atom is -0.495 e. The molecule has 0 heterocycles. The van der Waals surface area contributed by atoms with Gasteiger partial charge < -0.3 is 15.4 Å². The molecule has 0 radical (unpaired) electrons. The van der Waals surface area contributed by atoms with E-state index < -0.39 is 0 Å². The van der Waals surface area contributed by atoms with Gasteiger partial charge >= 0.3 is 0 Å². The summed E-state index contributed by atoms with van der Waals surface area (Å²) in [5.74, 6) is -0.700. The zero-order chi connectivity index (χ0) is 18.0. The molecule has 7 heteroatoms. The number of benzene rings is 2. The number of amides is 2. The second-order valence-corrected chi connectivity index (χ2v) is 6.60. The number of methoxy groups -OCH3 is 1. The molecule has 0 spiro atoms. The van der Waals surface area contributed by atoms with Crippen molar-refractivity contribution < 1.29 is 14.3 Å². The van der Waals surface area contributed by atoms with Gasteiger partial charge in [-0.3, -0.25) is 9.59 Å². The zero-order valence-electron chi connectivity index (χ0n) is 13.4. The molecule has 1 fully saturated rings. The van der Waals surface area contributed by atoms with Crippen LogP contribution in [0.4, 0.5) is 11.4 Å². The lowest BCUT2D eigenvalue weighted by atomic mass is 10.2. The number of hydrogen-bond acceptors (Lipinski definition) is 3. The molecular formula is C18H16Cl2N2O3. The van der Waals surface area contributed by atoms with Crippen molar-refractivity contribution in [3.63, 3.8) is 0 Å². The van der Waals surface area contributed by atoms with Crippen LogP contribution in [0.25, 0.3) is 0 Å². The lowest BCUT2D eigenvalue weighted by molar-refractivity contribution is -0.122. The van der Waals surface area contributed by atoms with Gasteiger partial charge in [0.25, 0.3) is 0 Å². The maximum Gasteiger partial charge on any atom is 0.228 e. The highest BCUT2D eigenvalue weighted by molar-refractivity contribution is 6.33. The summed E-state index contributed by atoms with van der Waals surface area (Å²) in [5.41, 5.74) is 1.02. The van der Waals surface area contributed by atoms with Crippen molar-refractivity contribution >= 4 is 46.4 Å². The molecule has 25 heavy (non-hydrogen) atoms. The van der Waals surface area contributed by atoms with Crippen LogP contribution in [0.15, 0.2) is 42.5 Å². The SMILES string of the molecule is COc1ccc(Cl)cc1NC(=O)C1CC1C(=O)Nc1ccccc1Cl. The number of carbonyl (C=O) groups is 2. The predicted octanol–water partition coefficient (Wildman–Crippen LogP) is 4.22. The number of ether oxygens (including phenoxy) is 1. The maximum atomic E-state index is 12.4. The molecule has 1 saturated carbocycles. The van der Waals surface area contributed by atoms with Crippen molar-refractivity contribution in [2.75, 3.05) is 17.7 Å². The average Bonchev–Trinajstić information content (AvgIpc) is 3.38. The lowest BCUT2D eigenvalue weighted by Gasteiger charge is -2.10. The van der Waals surface area contributed by atoms with Gasteiger partial charge in [0.2, 0.25) is 11.8 Å². The molecule has 2 aromatic carbocycles. The first-order chi connectivity index (χ1) is 12.0. The third-order valence-corrected chi connectivity index (χ3v) is 4.58. The van der Waals surface area contributed by atoms with Crippen molar-refractivity contribution in [1.82, 2.24) is 0 Å². The molecule has 2 atom stereocenters. The first kappa shape index (κ1) is 17.6. The molecule has 2 unspecified atom stereocenters. The standard InChI is InChI=1S/C18H16Cl2N2O3/c1-25-16-7-6-10(19)8-15(16)22-18(24)12-9-11(12)17(23)21-14-5-3-2-4-13(14)20/h2-8,11-12H,9H2,1H3,(H,21,23)(H,22,24). The van der Waals surface area contributed by atoms with E-state index in [0.29, 0.717) is 33.6 Å². The second-order valence-electron chi connectivity index (χ2n) is 5.75. The highest BCUT2D eigenvalue weighted by atomic mass is 35.5. The van der Waals surface area contributed by atoms with E-state index in [4.69, 9.17) is 27.9 Å². The van der Waals surface area contributed by atoms with Gasteiger partial charge in [0, 0.05) is 5.02 Å². The van der Waals surface area contributed by atoms with Crippen molar-refractivity contribution in [3.05, 3.63) is 52.5 Å². The highest BCUT2D eigenvalue weighted by Gasteiger charge is 2.48. The summed E-state index contributed by atoms with van der Waals surface area (Å²) in [7, 11) is 1.51. The Bertz CT molecular complexity index is 826. The molecule has 2 amide bonds. The number of nitrogens with one attached hydrogen (secondary N) is 2. The Labute approximate surface area is 155 Å². The second kappa shape index (κ2) is 7.33. The van der Waals surface area contributed by atoms with Gasteiger partial charge in [0.1, 0.15) is 5.75 Å². The molecular weight excluding hydrogens is 363 g/mol. The molecule has 5 nitrogen and oxygen atoms in total. The number of anilines is 2. The molecule has 1 aliphatic rings. The highest BCUT2D eigenvalue weighted by Crippen LogP contribution is 2.41. The molecule has 0 aromatic heterocycles. The summed E-state index contributed by atoms with van der Waals surface area (Å²) in [4.78, 5) is 24.6. The molecule has 3 rings (SSSR count). The predicted molar refractivity (Wildman–Crippen MR) is 98.3 cm³/mol. The van der Waals surface area contributed by atoms with E-state index in [9.17, 15) is 9.59 Å². The quantitative estimate of drug-likeness (QED) is 0.818. The molecule has 0 aliphatic heterocycles. The average molecular weight is 379 g/mol. The van der Waals surface area contributed by atoms with Crippen molar-refractivity contribution in [2.24, 2.45) is 11.8 Å². The van der Waals surface area contributed by atoms with E-state index >= 15 is 0 Å². The topological polar surface area (TPSA) is 67.4 Å². The third-order valence-electron chi connectivity index (χ3n) is 4.02. The normalized spacial score (nSPS) is 18.4. The van der Waals surface area contributed by atoms with Gasteiger partial charge in [-0.1, -0.05) is 35.3 Å². The summed E-state index contributed by atoms with van der Waals surface area (Å²) >= 11 is 12.0. The summed E-state index contributed by atoms with van der Waals surface area (Å²) < 4.78 is 5.20. The van der Waals surface area contributed by atoms with Crippen LogP contribution in [0, 0.1) is 11.8 Å². The van der Waals surface area contributed by atoms with E-state index in [1.54, 1.807) is 42.5 Å². The van der Waals surface area contributed by atoms with Crippen LogP contribution >= 0.6 is 23.2 Å². The van der Waals surface area contributed by atoms with E-state index in [0.717, 1.165) is 0 Å². The fraction of sp³-hybridized carbons (Fsp3) is 0.222. The van der Waals surface area contributed by atoms with E-state index in [-0.39, 0.29) is 23.7 Å². The van der Waals surface area contributed by atoms with Gasteiger partial charge in [-0.15, -0.1) is 0 Å². The van der Waals surface area contributed by atoms with Gasteiger partial charge in [0.05, 0.1) is 35.3 Å². The van der Waals surface area contributed by atoms with Crippen molar-refractivity contribution in [1.29, 1.82) is 0 Å². The maximum absolute atomic E-state index is 12.4. The van der Waals surface area contributed by atoms with Crippen LogP contribution < -0.4 is 15.4 Å². The first-order valence-corrected chi connectivity index (χ1v) is 8.45. The molecule has 2 N–H and O–H groups in total. The van der Waals surface area contributed by atoms with E-state index in [1.807, 2.05) is 0 Å². The van der Waals surface area contributed by atoms with Gasteiger partial charge in [-0.2, -0.15) is 0 Å². The molecule has 0 bridgehead atoms. The van der Waals surface area contributed by atoms with Gasteiger partial charge in [0.15, 0.2) is 0 Å². The van der Waals surface area contributed by atoms with E-state index in [1.165, 1.54) is 7.11 Å². The smallest absolute Gasteiger partial charge is 0.228 e. The molecule has 2 aromatic rings. The summed E-state index contributed by atoms with van der Waals surface area (Å²) in [6, 6.07) is 11.9. The van der Waals surface area contributed by atoms with Crippen molar-refractivity contribution in [3.8, 4) is 5.75 Å². The Kier molecular flexibility index (Phi) is 5.16. The summed E-state index contributed by atoms with van der Waals surface area (Å²) in [6.07, 6.45) is 0.491. The number of hydrogen-bond donors (Lipinski definition) is 2. The summed E-state index contributed by atoms with van der Waals surface area (Å²) in [6.45, 7) is 0. The number of halogens is 2.